The van der Waals surface area contributed by atoms with Gasteiger partial charge in [-0.05, 0) is 53.0 Å². The first kappa shape index (κ1) is 19.3. The van der Waals surface area contributed by atoms with Crippen molar-refractivity contribution in [2.24, 2.45) is 0 Å². The fourth-order valence-electron chi connectivity index (χ4n) is 3.14. The highest BCUT2D eigenvalue weighted by Crippen LogP contribution is 2.28. The van der Waals surface area contributed by atoms with Crippen LogP contribution in [0.3, 0.4) is 0 Å². The van der Waals surface area contributed by atoms with Gasteiger partial charge in [-0.25, -0.2) is 0 Å². The normalized spacial score (nSPS) is 14.7. The molecule has 2 aromatic rings. The average Bonchev–Trinajstić information content (AvgIpc) is 3.13. The van der Waals surface area contributed by atoms with Gasteiger partial charge in [0.15, 0.2) is 10.4 Å². The van der Waals surface area contributed by atoms with Crippen LogP contribution in [0.5, 0.6) is 11.5 Å². The number of halogens is 1. The first-order chi connectivity index (χ1) is 13.0. The molecule has 2 heterocycles. The molecule has 1 aliphatic heterocycles. The fourth-order valence-corrected chi connectivity index (χ4v) is 3.45. The number of hydrogen-bond donors (Lipinski definition) is 1. The summed E-state index contributed by atoms with van der Waals surface area (Å²) in [7, 11) is 3.03. The van der Waals surface area contributed by atoms with Crippen LogP contribution in [0.1, 0.15) is 33.8 Å². The van der Waals surface area contributed by atoms with E-state index in [1.54, 1.807) is 35.2 Å². The quantitative estimate of drug-likeness (QED) is 0.778. The van der Waals surface area contributed by atoms with Gasteiger partial charge in [-0.2, -0.15) is 0 Å². The standard InChI is InChI=1S/C19H21BrN2O5/c1-25-13-4-3-5-14(26-2)17(13)18(23)21-12-8-10-22(11-9-12)19(24)15-6-7-16(20)27-15/h3-7,12H,8-11H2,1-2H3,(H,21,23). The summed E-state index contributed by atoms with van der Waals surface area (Å²) in [5, 5.41) is 3.02. The maximum absolute atomic E-state index is 12.7. The first-order valence-corrected chi connectivity index (χ1v) is 9.39. The highest BCUT2D eigenvalue weighted by atomic mass is 79.9. The van der Waals surface area contributed by atoms with E-state index in [4.69, 9.17) is 13.9 Å². The van der Waals surface area contributed by atoms with Crippen LogP contribution in [0.4, 0.5) is 0 Å². The zero-order valence-electron chi connectivity index (χ0n) is 15.2. The smallest absolute Gasteiger partial charge is 0.289 e. The Morgan fingerprint density at radius 3 is 2.26 bits per heavy atom. The molecule has 0 bridgehead atoms. The first-order valence-electron chi connectivity index (χ1n) is 8.60. The highest BCUT2D eigenvalue weighted by molar-refractivity contribution is 9.10. The van der Waals surface area contributed by atoms with Gasteiger partial charge in [-0.15, -0.1) is 0 Å². The third-order valence-electron chi connectivity index (χ3n) is 4.56. The molecule has 0 aliphatic carbocycles. The minimum absolute atomic E-state index is 0.0282. The molecule has 1 aromatic carbocycles. The predicted molar refractivity (Wildman–Crippen MR) is 102 cm³/mol. The number of methoxy groups -OCH3 is 2. The molecule has 1 aliphatic rings. The van der Waals surface area contributed by atoms with Crippen LogP contribution in [0.2, 0.25) is 0 Å². The highest BCUT2D eigenvalue weighted by Gasteiger charge is 2.28. The van der Waals surface area contributed by atoms with E-state index in [1.165, 1.54) is 14.2 Å². The topological polar surface area (TPSA) is 81.0 Å². The van der Waals surface area contributed by atoms with E-state index in [1.807, 2.05) is 0 Å². The van der Waals surface area contributed by atoms with Gasteiger partial charge in [-0.1, -0.05) is 6.07 Å². The summed E-state index contributed by atoms with van der Waals surface area (Å²) in [6, 6.07) is 8.53. The molecule has 1 aromatic heterocycles. The van der Waals surface area contributed by atoms with E-state index in [0.717, 1.165) is 0 Å². The van der Waals surface area contributed by atoms with E-state index in [2.05, 4.69) is 21.2 Å². The number of carbonyl (C=O) groups excluding carboxylic acids is 2. The summed E-state index contributed by atoms with van der Waals surface area (Å²) in [6.07, 6.45) is 1.33. The Labute approximate surface area is 165 Å². The maximum Gasteiger partial charge on any atom is 0.289 e. The lowest BCUT2D eigenvalue weighted by atomic mass is 10.0. The molecule has 3 rings (SSSR count). The summed E-state index contributed by atoms with van der Waals surface area (Å²) in [5.41, 5.74) is 0.376. The van der Waals surface area contributed by atoms with Crippen molar-refractivity contribution in [2.45, 2.75) is 18.9 Å². The summed E-state index contributed by atoms with van der Waals surface area (Å²) < 4.78 is 16.4. The van der Waals surface area contributed by atoms with Crippen molar-refractivity contribution < 1.29 is 23.5 Å². The number of amides is 2. The fraction of sp³-hybridized carbons (Fsp3) is 0.368. The zero-order chi connectivity index (χ0) is 19.4. The Hall–Kier alpha value is -2.48. The SMILES string of the molecule is COc1cccc(OC)c1C(=O)NC1CCN(C(=O)c2ccc(Br)o2)CC1. The molecule has 8 heteroatoms. The van der Waals surface area contributed by atoms with Crippen LogP contribution >= 0.6 is 15.9 Å². The maximum atomic E-state index is 12.7. The number of nitrogens with one attached hydrogen (secondary N) is 1. The number of likely N-dealkylation sites (tertiary alicyclic amines) is 1. The number of ether oxygens (including phenoxy) is 2. The summed E-state index contributed by atoms with van der Waals surface area (Å²) in [4.78, 5) is 26.9. The summed E-state index contributed by atoms with van der Waals surface area (Å²) in [6.45, 7) is 1.09. The lowest BCUT2D eigenvalue weighted by Crippen LogP contribution is -2.46. The minimum Gasteiger partial charge on any atom is -0.496 e. The van der Waals surface area contributed by atoms with Gasteiger partial charge in [0.1, 0.15) is 17.1 Å². The van der Waals surface area contributed by atoms with Gasteiger partial charge in [0.2, 0.25) is 0 Å². The van der Waals surface area contributed by atoms with Gasteiger partial charge in [0.25, 0.3) is 11.8 Å². The van der Waals surface area contributed by atoms with Crippen LogP contribution in [-0.2, 0) is 0 Å². The largest absolute Gasteiger partial charge is 0.496 e. The molecule has 1 fully saturated rings. The number of piperidine rings is 1. The van der Waals surface area contributed by atoms with Gasteiger partial charge in [-0.3, -0.25) is 9.59 Å². The zero-order valence-corrected chi connectivity index (χ0v) is 16.7. The summed E-state index contributed by atoms with van der Waals surface area (Å²) in [5.74, 6) is 0.842. The van der Waals surface area contributed by atoms with Crippen molar-refractivity contribution in [1.29, 1.82) is 0 Å². The number of nitrogens with zero attached hydrogens (tertiary/aromatic N) is 1. The second kappa shape index (κ2) is 8.47. The number of benzene rings is 1. The van der Waals surface area contributed by atoms with Crippen molar-refractivity contribution in [1.82, 2.24) is 10.2 Å². The van der Waals surface area contributed by atoms with Crippen molar-refractivity contribution >= 4 is 27.7 Å². The van der Waals surface area contributed by atoms with Gasteiger partial charge < -0.3 is 24.1 Å². The Morgan fingerprint density at radius 2 is 1.74 bits per heavy atom. The van der Waals surface area contributed by atoms with E-state index in [-0.39, 0.29) is 17.9 Å². The lowest BCUT2D eigenvalue weighted by molar-refractivity contribution is 0.0665. The molecule has 2 amide bonds. The van der Waals surface area contributed by atoms with Crippen LogP contribution in [0.25, 0.3) is 0 Å². The monoisotopic (exact) mass is 436 g/mol. The third kappa shape index (κ3) is 4.27. The van der Waals surface area contributed by atoms with Crippen molar-refractivity contribution in [3.63, 3.8) is 0 Å². The molecule has 0 radical (unpaired) electrons. The predicted octanol–water partition coefficient (Wildman–Crippen LogP) is 3.09. The van der Waals surface area contributed by atoms with Gasteiger partial charge >= 0.3 is 0 Å². The molecular formula is C19H21BrN2O5. The Morgan fingerprint density at radius 1 is 1.11 bits per heavy atom. The number of hydrogen-bond acceptors (Lipinski definition) is 5. The second-order valence-corrected chi connectivity index (χ2v) is 6.96. The van der Waals surface area contributed by atoms with Crippen LogP contribution in [0, 0.1) is 0 Å². The molecular weight excluding hydrogens is 416 g/mol. The molecule has 0 saturated carbocycles. The minimum atomic E-state index is -0.246. The molecule has 1 N–H and O–H groups in total. The van der Waals surface area contributed by atoms with E-state index in [9.17, 15) is 9.59 Å². The van der Waals surface area contributed by atoms with Gasteiger partial charge in [0, 0.05) is 19.1 Å². The van der Waals surface area contributed by atoms with E-state index >= 15 is 0 Å². The molecule has 0 spiro atoms. The number of furan rings is 1. The van der Waals surface area contributed by atoms with E-state index < -0.39 is 0 Å². The Kier molecular flexibility index (Phi) is 6.05. The van der Waals surface area contributed by atoms with E-state index in [0.29, 0.717) is 53.4 Å². The van der Waals surface area contributed by atoms with Crippen molar-refractivity contribution in [3.05, 3.63) is 46.3 Å². The molecule has 27 heavy (non-hydrogen) atoms. The van der Waals surface area contributed by atoms with Gasteiger partial charge in [0.05, 0.1) is 14.2 Å². The second-order valence-electron chi connectivity index (χ2n) is 6.18. The Bertz CT molecular complexity index is 805. The average molecular weight is 437 g/mol. The third-order valence-corrected chi connectivity index (χ3v) is 4.98. The molecule has 144 valence electrons. The number of carbonyl (C=O) groups is 2. The molecule has 0 atom stereocenters. The lowest BCUT2D eigenvalue weighted by Gasteiger charge is -2.32. The van der Waals surface area contributed by atoms with Crippen molar-refractivity contribution in [2.75, 3.05) is 27.3 Å². The number of rotatable bonds is 5. The van der Waals surface area contributed by atoms with Crippen molar-refractivity contribution in [3.8, 4) is 11.5 Å². The molecule has 1 saturated heterocycles. The Balaban J connectivity index is 1.61. The van der Waals surface area contributed by atoms with Crippen LogP contribution < -0.4 is 14.8 Å². The van der Waals surface area contributed by atoms with Crippen LogP contribution in [0.15, 0.2) is 39.4 Å². The molecule has 0 unspecified atom stereocenters. The van der Waals surface area contributed by atoms with Crippen LogP contribution in [-0.4, -0.2) is 50.1 Å². The molecule has 7 nitrogen and oxygen atoms in total. The summed E-state index contributed by atoms with van der Waals surface area (Å²) >= 11 is 3.20.